The summed E-state index contributed by atoms with van der Waals surface area (Å²) in [7, 11) is 0. The van der Waals surface area contributed by atoms with Gasteiger partial charge in [0.25, 0.3) is 0 Å². The zero-order valence-corrected chi connectivity index (χ0v) is 7.42. The minimum atomic E-state index is -0.224. The topological polar surface area (TPSA) is 43.1 Å². The van der Waals surface area contributed by atoms with E-state index in [1.165, 1.54) is 5.57 Å². The summed E-state index contributed by atoms with van der Waals surface area (Å²) < 4.78 is 0. The van der Waals surface area contributed by atoms with Gasteiger partial charge in [0, 0.05) is 0 Å². The van der Waals surface area contributed by atoms with Crippen molar-refractivity contribution in [2.24, 2.45) is 11.7 Å². The SMILES string of the molecule is CCCC1=CCC(C(N)=O)C=C1. The van der Waals surface area contributed by atoms with Gasteiger partial charge in [0.2, 0.25) is 5.91 Å². The van der Waals surface area contributed by atoms with E-state index < -0.39 is 0 Å². The Bertz CT molecular complexity index is 228. The number of carbonyl (C=O) groups excluding carboxylic acids is 1. The Hall–Kier alpha value is -1.05. The Labute approximate surface area is 73.1 Å². The molecule has 0 aromatic rings. The summed E-state index contributed by atoms with van der Waals surface area (Å²) in [5.41, 5.74) is 6.50. The first-order valence-corrected chi connectivity index (χ1v) is 4.40. The van der Waals surface area contributed by atoms with E-state index in [-0.39, 0.29) is 11.8 Å². The predicted octanol–water partition coefficient (Wildman–Crippen LogP) is 1.77. The molecule has 0 bridgehead atoms. The average Bonchev–Trinajstić information content (AvgIpc) is 2.06. The molecule has 0 spiro atoms. The third-order valence-electron chi connectivity index (χ3n) is 2.08. The maximum Gasteiger partial charge on any atom is 0.224 e. The van der Waals surface area contributed by atoms with Crippen LogP contribution in [0.1, 0.15) is 26.2 Å². The van der Waals surface area contributed by atoms with Crippen LogP contribution in [0, 0.1) is 5.92 Å². The standard InChI is InChI=1S/C10H15NO/c1-2-3-8-4-6-9(7-5-8)10(11)12/h4-6,9H,2-3,7H2,1H3,(H2,11,12). The van der Waals surface area contributed by atoms with Crippen LogP contribution in [-0.4, -0.2) is 5.91 Å². The van der Waals surface area contributed by atoms with E-state index >= 15 is 0 Å². The molecule has 0 radical (unpaired) electrons. The van der Waals surface area contributed by atoms with E-state index in [0.717, 1.165) is 19.3 Å². The highest BCUT2D eigenvalue weighted by molar-refractivity contribution is 5.79. The lowest BCUT2D eigenvalue weighted by Gasteiger charge is -2.12. The predicted molar refractivity (Wildman–Crippen MR) is 49.4 cm³/mol. The highest BCUT2D eigenvalue weighted by atomic mass is 16.1. The molecule has 1 atom stereocenters. The normalized spacial score (nSPS) is 22.1. The summed E-state index contributed by atoms with van der Waals surface area (Å²) >= 11 is 0. The second-order valence-corrected chi connectivity index (χ2v) is 3.13. The summed E-state index contributed by atoms with van der Waals surface area (Å²) in [4.78, 5) is 10.8. The van der Waals surface area contributed by atoms with E-state index in [1.807, 2.05) is 12.2 Å². The van der Waals surface area contributed by atoms with Crippen molar-refractivity contribution in [3.8, 4) is 0 Å². The molecule has 1 aliphatic rings. The summed E-state index contributed by atoms with van der Waals surface area (Å²) in [6.45, 7) is 2.15. The average molecular weight is 165 g/mol. The lowest BCUT2D eigenvalue weighted by Crippen LogP contribution is -2.22. The molecule has 12 heavy (non-hydrogen) atoms. The zero-order valence-electron chi connectivity index (χ0n) is 7.42. The van der Waals surface area contributed by atoms with Gasteiger partial charge in [0.1, 0.15) is 0 Å². The Morgan fingerprint density at radius 1 is 1.75 bits per heavy atom. The molecule has 0 saturated carbocycles. The number of hydrogen-bond acceptors (Lipinski definition) is 1. The van der Waals surface area contributed by atoms with Crippen molar-refractivity contribution >= 4 is 5.91 Å². The molecule has 0 fully saturated rings. The van der Waals surface area contributed by atoms with E-state index in [4.69, 9.17) is 5.73 Å². The molecule has 2 nitrogen and oxygen atoms in total. The Kier molecular flexibility index (Phi) is 3.09. The first-order valence-electron chi connectivity index (χ1n) is 4.40. The van der Waals surface area contributed by atoms with Gasteiger partial charge in [0.15, 0.2) is 0 Å². The maximum absolute atomic E-state index is 10.8. The van der Waals surface area contributed by atoms with Crippen LogP contribution in [0.2, 0.25) is 0 Å². The van der Waals surface area contributed by atoms with Gasteiger partial charge in [-0.15, -0.1) is 0 Å². The van der Waals surface area contributed by atoms with Crippen LogP contribution < -0.4 is 5.73 Å². The van der Waals surface area contributed by atoms with Gasteiger partial charge in [-0.3, -0.25) is 4.79 Å². The first kappa shape index (κ1) is 9.04. The molecule has 2 N–H and O–H groups in total. The van der Waals surface area contributed by atoms with Gasteiger partial charge in [-0.05, 0) is 12.8 Å². The molecule has 0 heterocycles. The number of amides is 1. The summed E-state index contributed by atoms with van der Waals surface area (Å²) in [6.07, 6.45) is 9.06. The molecule has 66 valence electrons. The number of allylic oxidation sites excluding steroid dienone is 3. The van der Waals surface area contributed by atoms with Crippen LogP contribution in [0.3, 0.4) is 0 Å². The maximum atomic E-state index is 10.8. The second-order valence-electron chi connectivity index (χ2n) is 3.13. The van der Waals surface area contributed by atoms with Crippen LogP contribution in [0.5, 0.6) is 0 Å². The highest BCUT2D eigenvalue weighted by Gasteiger charge is 2.12. The van der Waals surface area contributed by atoms with E-state index in [2.05, 4.69) is 13.0 Å². The minimum Gasteiger partial charge on any atom is -0.369 e. The minimum absolute atomic E-state index is 0.0781. The fraction of sp³-hybridized carbons (Fsp3) is 0.500. The molecule has 1 amide bonds. The Balaban J connectivity index is 2.49. The zero-order chi connectivity index (χ0) is 8.97. The fourth-order valence-corrected chi connectivity index (χ4v) is 1.35. The third-order valence-corrected chi connectivity index (χ3v) is 2.08. The van der Waals surface area contributed by atoms with Crippen molar-refractivity contribution in [3.05, 3.63) is 23.8 Å². The van der Waals surface area contributed by atoms with E-state index in [0.29, 0.717) is 0 Å². The van der Waals surface area contributed by atoms with Crippen LogP contribution in [-0.2, 0) is 4.79 Å². The summed E-state index contributed by atoms with van der Waals surface area (Å²) in [6, 6.07) is 0. The lowest BCUT2D eigenvalue weighted by atomic mass is 9.94. The highest BCUT2D eigenvalue weighted by Crippen LogP contribution is 2.18. The molecule has 0 aliphatic heterocycles. The molecule has 0 aromatic heterocycles. The molecular weight excluding hydrogens is 150 g/mol. The van der Waals surface area contributed by atoms with Gasteiger partial charge >= 0.3 is 0 Å². The summed E-state index contributed by atoms with van der Waals surface area (Å²) in [5, 5.41) is 0. The Morgan fingerprint density at radius 2 is 2.50 bits per heavy atom. The van der Waals surface area contributed by atoms with Gasteiger partial charge in [-0.1, -0.05) is 37.1 Å². The number of hydrogen-bond donors (Lipinski definition) is 1. The third kappa shape index (κ3) is 2.22. The van der Waals surface area contributed by atoms with Crippen molar-refractivity contribution in [1.29, 1.82) is 0 Å². The molecule has 0 saturated heterocycles. The molecule has 1 unspecified atom stereocenters. The van der Waals surface area contributed by atoms with Crippen LogP contribution in [0.15, 0.2) is 23.8 Å². The van der Waals surface area contributed by atoms with Crippen LogP contribution in [0.25, 0.3) is 0 Å². The van der Waals surface area contributed by atoms with Crippen molar-refractivity contribution in [1.82, 2.24) is 0 Å². The quantitative estimate of drug-likeness (QED) is 0.680. The van der Waals surface area contributed by atoms with Crippen molar-refractivity contribution < 1.29 is 4.79 Å². The smallest absolute Gasteiger partial charge is 0.224 e. The second kappa shape index (κ2) is 4.10. The first-order chi connectivity index (χ1) is 5.74. The van der Waals surface area contributed by atoms with Gasteiger partial charge < -0.3 is 5.73 Å². The van der Waals surface area contributed by atoms with Crippen molar-refractivity contribution in [3.63, 3.8) is 0 Å². The van der Waals surface area contributed by atoms with E-state index in [9.17, 15) is 4.79 Å². The van der Waals surface area contributed by atoms with Crippen LogP contribution in [0.4, 0.5) is 0 Å². The molecule has 0 aromatic carbocycles. The Morgan fingerprint density at radius 3 is 2.92 bits per heavy atom. The van der Waals surface area contributed by atoms with Gasteiger partial charge in [0.05, 0.1) is 5.92 Å². The van der Waals surface area contributed by atoms with Crippen molar-refractivity contribution in [2.75, 3.05) is 0 Å². The fourth-order valence-electron chi connectivity index (χ4n) is 1.35. The monoisotopic (exact) mass is 165 g/mol. The lowest BCUT2D eigenvalue weighted by molar-refractivity contribution is -0.120. The number of rotatable bonds is 3. The van der Waals surface area contributed by atoms with Gasteiger partial charge in [-0.25, -0.2) is 0 Å². The van der Waals surface area contributed by atoms with Crippen LogP contribution >= 0.6 is 0 Å². The summed E-state index contributed by atoms with van der Waals surface area (Å²) in [5.74, 6) is -0.302. The molecular formula is C10H15NO. The largest absolute Gasteiger partial charge is 0.369 e. The molecule has 1 aliphatic carbocycles. The number of primary amides is 1. The molecule has 2 heteroatoms. The van der Waals surface area contributed by atoms with Crippen molar-refractivity contribution in [2.45, 2.75) is 26.2 Å². The molecule has 1 rings (SSSR count). The number of carbonyl (C=O) groups is 1. The van der Waals surface area contributed by atoms with Gasteiger partial charge in [-0.2, -0.15) is 0 Å². The van der Waals surface area contributed by atoms with E-state index in [1.54, 1.807) is 0 Å². The number of nitrogens with two attached hydrogens (primary N) is 1.